The van der Waals surface area contributed by atoms with E-state index in [0.717, 1.165) is 23.4 Å². The SMILES string of the molecule is CC(=O)Nc1ccc(Nc2nc(Nc3ccc(C(F)(F)F)cc3)ncc2C)cc1. The third kappa shape index (κ3) is 5.44. The maximum absolute atomic E-state index is 12.7. The number of hydrogen-bond donors (Lipinski definition) is 3. The fourth-order valence-electron chi connectivity index (χ4n) is 2.48. The number of alkyl halides is 3. The Bertz CT molecular complexity index is 1000. The highest BCUT2D eigenvalue weighted by Gasteiger charge is 2.29. The molecule has 0 saturated heterocycles. The summed E-state index contributed by atoms with van der Waals surface area (Å²) in [4.78, 5) is 19.6. The molecule has 0 spiro atoms. The first-order valence-electron chi connectivity index (χ1n) is 8.63. The van der Waals surface area contributed by atoms with Gasteiger partial charge < -0.3 is 16.0 Å². The third-order valence-electron chi connectivity index (χ3n) is 3.91. The molecule has 0 radical (unpaired) electrons. The number of nitrogens with one attached hydrogen (secondary N) is 3. The van der Waals surface area contributed by atoms with E-state index in [0.29, 0.717) is 17.2 Å². The fraction of sp³-hybridized carbons (Fsp3) is 0.150. The molecule has 0 aliphatic carbocycles. The van der Waals surface area contributed by atoms with E-state index in [2.05, 4.69) is 25.9 Å². The second-order valence-electron chi connectivity index (χ2n) is 6.31. The molecule has 29 heavy (non-hydrogen) atoms. The highest BCUT2D eigenvalue weighted by atomic mass is 19.4. The summed E-state index contributed by atoms with van der Waals surface area (Å²) in [7, 11) is 0. The van der Waals surface area contributed by atoms with Gasteiger partial charge in [0, 0.05) is 35.7 Å². The molecule has 3 rings (SSSR count). The lowest BCUT2D eigenvalue weighted by Gasteiger charge is -2.12. The maximum atomic E-state index is 12.7. The van der Waals surface area contributed by atoms with Crippen LogP contribution in [0.2, 0.25) is 0 Å². The van der Waals surface area contributed by atoms with Crippen molar-refractivity contribution in [3.05, 3.63) is 65.9 Å². The van der Waals surface area contributed by atoms with Gasteiger partial charge in [-0.1, -0.05) is 0 Å². The molecule has 0 bridgehead atoms. The smallest absolute Gasteiger partial charge is 0.340 e. The van der Waals surface area contributed by atoms with Gasteiger partial charge in [0.05, 0.1) is 5.56 Å². The molecule has 3 N–H and O–H groups in total. The number of halogens is 3. The molecule has 1 heterocycles. The van der Waals surface area contributed by atoms with Crippen molar-refractivity contribution in [2.45, 2.75) is 20.0 Å². The Kier molecular flexibility index (Phi) is 5.67. The second-order valence-corrected chi connectivity index (χ2v) is 6.31. The van der Waals surface area contributed by atoms with Gasteiger partial charge in [-0.05, 0) is 55.5 Å². The minimum Gasteiger partial charge on any atom is -0.340 e. The average molecular weight is 401 g/mol. The van der Waals surface area contributed by atoms with Crippen LogP contribution < -0.4 is 16.0 Å². The van der Waals surface area contributed by atoms with E-state index < -0.39 is 11.7 Å². The lowest BCUT2D eigenvalue weighted by Crippen LogP contribution is -2.06. The van der Waals surface area contributed by atoms with Crippen molar-refractivity contribution >= 4 is 34.7 Å². The summed E-state index contributed by atoms with van der Waals surface area (Å²) in [6, 6.07) is 11.7. The predicted molar refractivity (Wildman–Crippen MR) is 106 cm³/mol. The molecule has 2 aromatic carbocycles. The van der Waals surface area contributed by atoms with Gasteiger partial charge in [-0.15, -0.1) is 0 Å². The molecule has 0 aliphatic rings. The van der Waals surface area contributed by atoms with E-state index in [4.69, 9.17) is 0 Å². The zero-order valence-corrected chi connectivity index (χ0v) is 15.6. The van der Waals surface area contributed by atoms with Crippen molar-refractivity contribution in [2.24, 2.45) is 0 Å². The summed E-state index contributed by atoms with van der Waals surface area (Å²) in [6.45, 7) is 3.26. The van der Waals surface area contributed by atoms with Crippen LogP contribution in [0.4, 0.5) is 42.0 Å². The molecule has 6 nitrogen and oxygen atoms in total. The van der Waals surface area contributed by atoms with Crippen LogP contribution in [0, 0.1) is 6.92 Å². The largest absolute Gasteiger partial charge is 0.416 e. The van der Waals surface area contributed by atoms with Crippen molar-refractivity contribution in [2.75, 3.05) is 16.0 Å². The lowest BCUT2D eigenvalue weighted by molar-refractivity contribution is -0.137. The number of benzene rings is 2. The number of aromatic nitrogens is 2. The zero-order valence-electron chi connectivity index (χ0n) is 15.6. The Hall–Kier alpha value is -3.62. The Balaban J connectivity index is 1.73. The molecule has 0 unspecified atom stereocenters. The Labute approximate surface area is 165 Å². The van der Waals surface area contributed by atoms with Gasteiger partial charge in [-0.25, -0.2) is 4.98 Å². The average Bonchev–Trinajstić information content (AvgIpc) is 2.65. The minimum atomic E-state index is -4.38. The van der Waals surface area contributed by atoms with E-state index in [1.54, 1.807) is 30.5 Å². The Morgan fingerprint density at radius 3 is 2.03 bits per heavy atom. The van der Waals surface area contributed by atoms with Crippen LogP contribution in [-0.4, -0.2) is 15.9 Å². The maximum Gasteiger partial charge on any atom is 0.416 e. The molecule has 150 valence electrons. The van der Waals surface area contributed by atoms with Crippen molar-refractivity contribution in [3.8, 4) is 0 Å². The molecule has 0 saturated carbocycles. The van der Waals surface area contributed by atoms with Gasteiger partial charge in [0.1, 0.15) is 5.82 Å². The quantitative estimate of drug-likeness (QED) is 0.544. The number of rotatable bonds is 5. The summed E-state index contributed by atoms with van der Waals surface area (Å²) in [5, 5.41) is 8.73. The number of nitrogens with zero attached hydrogens (tertiary/aromatic N) is 2. The van der Waals surface area contributed by atoms with Crippen molar-refractivity contribution in [1.29, 1.82) is 0 Å². The molecule has 3 aromatic rings. The van der Waals surface area contributed by atoms with Crippen LogP contribution in [0.3, 0.4) is 0 Å². The fourth-order valence-corrected chi connectivity index (χ4v) is 2.48. The van der Waals surface area contributed by atoms with Gasteiger partial charge in [0.15, 0.2) is 0 Å². The summed E-state index contributed by atoms with van der Waals surface area (Å²) in [5.74, 6) is 0.630. The van der Waals surface area contributed by atoms with E-state index in [1.165, 1.54) is 19.1 Å². The van der Waals surface area contributed by atoms with Crippen LogP contribution in [0.25, 0.3) is 0 Å². The summed E-state index contributed by atoms with van der Waals surface area (Å²) < 4.78 is 38.0. The standard InChI is InChI=1S/C20H18F3N5O/c1-12-11-24-19(27-17-5-3-14(4-6-17)20(21,22)23)28-18(12)26-16-9-7-15(8-10-16)25-13(2)29/h3-11H,1-2H3,(H,25,29)(H2,24,26,27,28). The van der Waals surface area contributed by atoms with Crippen LogP contribution in [0.15, 0.2) is 54.7 Å². The normalized spacial score (nSPS) is 11.1. The van der Waals surface area contributed by atoms with E-state index in [-0.39, 0.29) is 11.9 Å². The summed E-state index contributed by atoms with van der Waals surface area (Å²) in [6.07, 6.45) is -2.78. The first-order valence-corrected chi connectivity index (χ1v) is 8.63. The van der Waals surface area contributed by atoms with E-state index in [1.807, 2.05) is 6.92 Å². The van der Waals surface area contributed by atoms with Gasteiger partial charge in [0.2, 0.25) is 11.9 Å². The Morgan fingerprint density at radius 2 is 1.45 bits per heavy atom. The molecule has 0 fully saturated rings. The predicted octanol–water partition coefficient (Wildman–Crippen LogP) is 5.25. The van der Waals surface area contributed by atoms with Crippen LogP contribution in [-0.2, 0) is 11.0 Å². The Morgan fingerprint density at radius 1 is 0.897 bits per heavy atom. The van der Waals surface area contributed by atoms with Crippen LogP contribution >= 0.6 is 0 Å². The molecule has 1 amide bonds. The van der Waals surface area contributed by atoms with Crippen molar-refractivity contribution in [1.82, 2.24) is 9.97 Å². The van der Waals surface area contributed by atoms with Gasteiger partial charge in [0.25, 0.3) is 0 Å². The minimum absolute atomic E-state index is 0.156. The molecule has 1 aromatic heterocycles. The lowest BCUT2D eigenvalue weighted by atomic mass is 10.2. The number of carbonyl (C=O) groups is 1. The van der Waals surface area contributed by atoms with Crippen molar-refractivity contribution < 1.29 is 18.0 Å². The molecule has 0 aliphatic heterocycles. The molecule has 9 heteroatoms. The van der Waals surface area contributed by atoms with Crippen LogP contribution in [0.5, 0.6) is 0 Å². The number of hydrogen-bond acceptors (Lipinski definition) is 5. The number of amides is 1. The number of carbonyl (C=O) groups excluding carboxylic acids is 1. The summed E-state index contributed by atoms with van der Waals surface area (Å²) >= 11 is 0. The third-order valence-corrected chi connectivity index (χ3v) is 3.91. The first-order chi connectivity index (χ1) is 13.7. The van der Waals surface area contributed by atoms with E-state index in [9.17, 15) is 18.0 Å². The monoisotopic (exact) mass is 401 g/mol. The van der Waals surface area contributed by atoms with Crippen molar-refractivity contribution in [3.63, 3.8) is 0 Å². The van der Waals surface area contributed by atoms with Gasteiger partial charge in [-0.2, -0.15) is 18.2 Å². The van der Waals surface area contributed by atoms with E-state index >= 15 is 0 Å². The highest BCUT2D eigenvalue weighted by Crippen LogP contribution is 2.30. The summed E-state index contributed by atoms with van der Waals surface area (Å²) in [5.41, 5.74) is 1.92. The zero-order chi connectivity index (χ0) is 21.0. The number of anilines is 5. The second kappa shape index (κ2) is 8.17. The van der Waals surface area contributed by atoms with Crippen LogP contribution in [0.1, 0.15) is 18.1 Å². The first kappa shape index (κ1) is 20.1. The van der Waals surface area contributed by atoms with Gasteiger partial charge >= 0.3 is 6.18 Å². The molecule has 0 atom stereocenters. The molecular formula is C20H18F3N5O. The highest BCUT2D eigenvalue weighted by molar-refractivity contribution is 5.88. The number of aryl methyl sites for hydroxylation is 1. The van der Waals surface area contributed by atoms with Gasteiger partial charge in [-0.3, -0.25) is 4.79 Å². The topological polar surface area (TPSA) is 78.9 Å². The molecular weight excluding hydrogens is 383 g/mol.